The number of hydrogen-bond donors (Lipinski definition) is 0. The number of halogens is 1. The fraction of sp³-hybridized carbons (Fsp3) is 0.500. The van der Waals surface area contributed by atoms with Crippen LogP contribution >= 0.6 is 23.4 Å². The van der Waals surface area contributed by atoms with Crippen LogP contribution in [-0.4, -0.2) is 35.1 Å². The molecule has 1 fully saturated rings. The van der Waals surface area contributed by atoms with E-state index in [0.717, 1.165) is 18.6 Å². The second-order valence-electron chi connectivity index (χ2n) is 4.54. The Hall–Kier alpha value is -1.14. The van der Waals surface area contributed by atoms with Crippen LogP contribution in [0.5, 0.6) is 0 Å². The third kappa shape index (κ3) is 3.45. The number of carbonyl (C=O) groups is 2. The molecule has 0 bridgehead atoms. The molecule has 1 aromatic rings. The number of esters is 1. The van der Waals surface area contributed by atoms with Gasteiger partial charge >= 0.3 is 5.97 Å². The van der Waals surface area contributed by atoms with E-state index in [2.05, 4.69) is 9.97 Å². The first-order valence-corrected chi connectivity index (χ1v) is 7.12. The minimum atomic E-state index is -0.200. The molecule has 0 amide bonds. The molecule has 0 unspecified atom stereocenters. The Labute approximate surface area is 120 Å². The molecule has 0 aromatic carbocycles. The van der Waals surface area contributed by atoms with E-state index >= 15 is 0 Å². The van der Waals surface area contributed by atoms with Gasteiger partial charge in [0.25, 0.3) is 0 Å². The van der Waals surface area contributed by atoms with Crippen molar-refractivity contribution in [2.24, 2.45) is 5.41 Å². The number of carbonyl (C=O) groups excluding carboxylic acids is 2. The maximum atomic E-state index is 11.3. The number of methoxy groups -OCH3 is 1. The van der Waals surface area contributed by atoms with E-state index in [1.165, 1.54) is 25.2 Å². The monoisotopic (exact) mass is 300 g/mol. The first kappa shape index (κ1) is 14.3. The lowest BCUT2D eigenvalue weighted by molar-refractivity contribution is -0.141. The molecule has 1 saturated carbocycles. The van der Waals surface area contributed by atoms with Crippen molar-refractivity contribution in [3.05, 3.63) is 17.0 Å². The molecule has 0 N–H and O–H groups in total. The molecule has 0 saturated heterocycles. The minimum absolute atomic E-state index is 0.0185. The van der Waals surface area contributed by atoms with Gasteiger partial charge in [-0.2, -0.15) is 0 Å². The molecule has 1 aromatic heterocycles. The third-order valence-corrected chi connectivity index (χ3v) is 4.79. The second kappa shape index (κ2) is 5.88. The summed E-state index contributed by atoms with van der Waals surface area (Å²) in [6, 6.07) is 0. The lowest BCUT2D eigenvalue weighted by atomic mass is 10.1. The lowest BCUT2D eigenvalue weighted by Crippen LogP contribution is -2.13. The highest BCUT2D eigenvalue weighted by Crippen LogP contribution is 2.52. The minimum Gasteiger partial charge on any atom is -0.469 e. The summed E-state index contributed by atoms with van der Waals surface area (Å²) in [7, 11) is 1.39. The summed E-state index contributed by atoms with van der Waals surface area (Å²) in [4.78, 5) is 30.1. The predicted octanol–water partition coefficient (Wildman–Crippen LogP) is 2.38. The summed E-state index contributed by atoms with van der Waals surface area (Å²) in [6.07, 6.45) is 4.38. The molecular weight excluding hydrogens is 288 g/mol. The number of thioether (sulfide) groups is 1. The van der Waals surface area contributed by atoms with Crippen molar-refractivity contribution in [2.45, 2.75) is 24.3 Å². The van der Waals surface area contributed by atoms with Gasteiger partial charge in [-0.1, -0.05) is 11.6 Å². The molecule has 102 valence electrons. The smallest absolute Gasteiger partial charge is 0.306 e. The zero-order valence-electron chi connectivity index (χ0n) is 10.4. The Morgan fingerprint density at radius 2 is 2.32 bits per heavy atom. The van der Waals surface area contributed by atoms with Crippen molar-refractivity contribution in [2.75, 3.05) is 12.9 Å². The molecule has 1 aliphatic carbocycles. The standard InChI is InChI=1S/C12H13ClN2O3S/c1-18-9(17)4-12(2-3-12)6-19-11-8(5-16)10(13)14-7-15-11/h5,7H,2-4,6H2,1H3. The van der Waals surface area contributed by atoms with E-state index in [1.807, 2.05) is 0 Å². The molecule has 0 aliphatic heterocycles. The van der Waals surface area contributed by atoms with E-state index in [9.17, 15) is 9.59 Å². The van der Waals surface area contributed by atoms with Gasteiger partial charge in [0.05, 0.1) is 19.1 Å². The van der Waals surface area contributed by atoms with Crippen molar-refractivity contribution in [1.82, 2.24) is 9.97 Å². The number of nitrogens with zero attached hydrogens (tertiary/aromatic N) is 2. The number of aldehydes is 1. The van der Waals surface area contributed by atoms with Gasteiger partial charge < -0.3 is 4.74 Å². The highest BCUT2D eigenvalue weighted by Gasteiger charge is 2.44. The zero-order valence-corrected chi connectivity index (χ0v) is 12.0. The average molecular weight is 301 g/mol. The SMILES string of the molecule is COC(=O)CC1(CSc2ncnc(Cl)c2C=O)CC1. The Morgan fingerprint density at radius 3 is 2.89 bits per heavy atom. The van der Waals surface area contributed by atoms with Crippen LogP contribution in [0.4, 0.5) is 0 Å². The highest BCUT2D eigenvalue weighted by atomic mass is 35.5. The summed E-state index contributed by atoms with van der Waals surface area (Å²) in [5.41, 5.74) is 0.290. The van der Waals surface area contributed by atoms with Crippen molar-refractivity contribution in [3.63, 3.8) is 0 Å². The Kier molecular flexibility index (Phi) is 4.42. The van der Waals surface area contributed by atoms with Gasteiger partial charge in [-0.3, -0.25) is 9.59 Å². The molecule has 19 heavy (non-hydrogen) atoms. The van der Waals surface area contributed by atoms with Gasteiger partial charge in [0.2, 0.25) is 0 Å². The molecule has 0 atom stereocenters. The molecule has 1 aliphatic rings. The van der Waals surface area contributed by atoms with Gasteiger partial charge in [-0.15, -0.1) is 11.8 Å². The van der Waals surface area contributed by atoms with Gasteiger partial charge in [-0.05, 0) is 18.3 Å². The van der Waals surface area contributed by atoms with E-state index < -0.39 is 0 Å². The van der Waals surface area contributed by atoms with E-state index in [4.69, 9.17) is 16.3 Å². The first-order valence-electron chi connectivity index (χ1n) is 5.75. The van der Waals surface area contributed by atoms with Crippen molar-refractivity contribution in [3.8, 4) is 0 Å². The second-order valence-corrected chi connectivity index (χ2v) is 5.86. The number of hydrogen-bond acceptors (Lipinski definition) is 6. The maximum absolute atomic E-state index is 11.3. The molecule has 2 rings (SSSR count). The quantitative estimate of drug-likeness (QED) is 0.348. The Bertz CT molecular complexity index is 506. The molecule has 0 radical (unpaired) electrons. The largest absolute Gasteiger partial charge is 0.469 e. The summed E-state index contributed by atoms with van der Waals surface area (Å²) in [5.74, 6) is 0.519. The fourth-order valence-electron chi connectivity index (χ4n) is 1.72. The molecule has 5 nitrogen and oxygen atoms in total. The van der Waals surface area contributed by atoms with Crippen LogP contribution in [0.25, 0.3) is 0 Å². The zero-order chi connectivity index (χ0) is 13.9. The van der Waals surface area contributed by atoms with Crippen LogP contribution in [-0.2, 0) is 9.53 Å². The summed E-state index contributed by atoms with van der Waals surface area (Å²) in [6.45, 7) is 0. The Balaban J connectivity index is 2.01. The third-order valence-electron chi connectivity index (χ3n) is 3.14. The molecule has 0 spiro atoms. The lowest BCUT2D eigenvalue weighted by Gasteiger charge is -2.13. The van der Waals surface area contributed by atoms with Crippen LogP contribution in [0, 0.1) is 5.41 Å². The maximum Gasteiger partial charge on any atom is 0.306 e. The highest BCUT2D eigenvalue weighted by molar-refractivity contribution is 7.99. The topological polar surface area (TPSA) is 69.2 Å². The molecular formula is C12H13ClN2O3S. The fourth-order valence-corrected chi connectivity index (χ4v) is 3.21. The van der Waals surface area contributed by atoms with Crippen molar-refractivity contribution in [1.29, 1.82) is 0 Å². The first-order chi connectivity index (χ1) is 9.10. The Morgan fingerprint density at radius 1 is 1.58 bits per heavy atom. The van der Waals surface area contributed by atoms with Crippen molar-refractivity contribution < 1.29 is 14.3 Å². The summed E-state index contributed by atoms with van der Waals surface area (Å²) >= 11 is 7.27. The van der Waals surface area contributed by atoms with Crippen LogP contribution in [0.15, 0.2) is 11.4 Å². The van der Waals surface area contributed by atoms with Gasteiger partial charge in [0.15, 0.2) is 6.29 Å². The van der Waals surface area contributed by atoms with Crippen LogP contribution in [0.1, 0.15) is 29.6 Å². The van der Waals surface area contributed by atoms with Gasteiger partial charge in [0.1, 0.15) is 16.5 Å². The normalized spacial score (nSPS) is 15.9. The summed E-state index contributed by atoms with van der Waals surface area (Å²) < 4.78 is 4.69. The van der Waals surface area contributed by atoms with E-state index in [1.54, 1.807) is 0 Å². The van der Waals surface area contributed by atoms with Crippen LogP contribution in [0.2, 0.25) is 5.15 Å². The number of rotatable bonds is 6. The van der Waals surface area contributed by atoms with Gasteiger partial charge in [-0.25, -0.2) is 9.97 Å². The number of aromatic nitrogens is 2. The van der Waals surface area contributed by atoms with Crippen LogP contribution < -0.4 is 0 Å². The van der Waals surface area contributed by atoms with Crippen LogP contribution in [0.3, 0.4) is 0 Å². The molecule has 1 heterocycles. The van der Waals surface area contributed by atoms with Crippen molar-refractivity contribution >= 4 is 35.6 Å². The van der Waals surface area contributed by atoms with Gasteiger partial charge in [0, 0.05) is 5.75 Å². The predicted molar refractivity (Wildman–Crippen MR) is 71.5 cm³/mol. The van der Waals surface area contributed by atoms with E-state index in [0.29, 0.717) is 23.3 Å². The molecule has 7 heteroatoms. The number of ether oxygens (including phenoxy) is 1. The van der Waals surface area contributed by atoms with E-state index in [-0.39, 0.29) is 16.5 Å². The average Bonchev–Trinajstić information content (AvgIpc) is 3.16. The summed E-state index contributed by atoms with van der Waals surface area (Å²) in [5, 5.41) is 0.719.